The zero-order valence-corrected chi connectivity index (χ0v) is 23.3. The zero-order valence-electron chi connectivity index (χ0n) is 21.6. The third-order valence-corrected chi connectivity index (χ3v) is 7.84. The van der Waals surface area contributed by atoms with Crippen LogP contribution in [0.25, 0.3) is 0 Å². The maximum atomic E-state index is 13.6. The van der Waals surface area contributed by atoms with Gasteiger partial charge in [-0.1, -0.05) is 24.4 Å². The number of nitrogens with zero attached hydrogens (tertiary/aromatic N) is 3. The van der Waals surface area contributed by atoms with E-state index < -0.39 is 16.8 Å². The van der Waals surface area contributed by atoms with Crippen molar-refractivity contribution >= 4 is 39.9 Å². The molecule has 0 saturated heterocycles. The van der Waals surface area contributed by atoms with Crippen LogP contribution in [0.2, 0.25) is 5.02 Å². The molecule has 0 bridgehead atoms. The highest BCUT2D eigenvalue weighted by molar-refractivity contribution is 7.70. The summed E-state index contributed by atoms with van der Waals surface area (Å²) >= 11 is 6.41. The first kappa shape index (κ1) is 28.7. The largest absolute Gasteiger partial charge is 0.495 e. The Morgan fingerprint density at radius 1 is 1.18 bits per heavy atom. The zero-order chi connectivity index (χ0) is 27.3. The fourth-order valence-corrected chi connectivity index (χ4v) is 5.81. The Hall–Kier alpha value is -2.28. The van der Waals surface area contributed by atoms with Gasteiger partial charge in [-0.25, -0.2) is 26.9 Å². The van der Waals surface area contributed by atoms with E-state index in [0.717, 1.165) is 43.7 Å². The minimum atomic E-state index is -2.73. The molecule has 1 saturated carbocycles. The predicted octanol–water partition coefficient (Wildman–Crippen LogP) is 4.02. The summed E-state index contributed by atoms with van der Waals surface area (Å²) in [6.07, 6.45) is 6.68. The summed E-state index contributed by atoms with van der Waals surface area (Å²) in [5.41, 5.74) is 2.81. The summed E-state index contributed by atoms with van der Waals surface area (Å²) in [7, 11) is -1.07. The minimum Gasteiger partial charge on any atom is -0.495 e. The van der Waals surface area contributed by atoms with E-state index in [0.29, 0.717) is 60.7 Å². The minimum absolute atomic E-state index is 0.0203. The van der Waals surface area contributed by atoms with Crippen LogP contribution in [0.15, 0.2) is 18.3 Å². The van der Waals surface area contributed by atoms with E-state index in [-0.39, 0.29) is 18.5 Å². The van der Waals surface area contributed by atoms with Crippen LogP contribution < -0.4 is 20.1 Å². The lowest BCUT2D eigenvalue weighted by molar-refractivity contribution is -0.0133. The van der Waals surface area contributed by atoms with Crippen LogP contribution in [0.3, 0.4) is 0 Å². The van der Waals surface area contributed by atoms with Gasteiger partial charge >= 0.3 is 0 Å². The molecule has 1 aliphatic carbocycles. The molecule has 1 aliphatic heterocycles. The van der Waals surface area contributed by atoms with Crippen LogP contribution >= 0.6 is 11.6 Å². The summed E-state index contributed by atoms with van der Waals surface area (Å²) in [5.74, 6) is -1.21. The molecular weight excluding hydrogens is 538 g/mol. The highest BCUT2D eigenvalue weighted by Crippen LogP contribution is 2.34. The van der Waals surface area contributed by atoms with E-state index in [2.05, 4.69) is 25.3 Å². The van der Waals surface area contributed by atoms with Crippen LogP contribution in [0.5, 0.6) is 5.75 Å². The average Bonchev–Trinajstić information content (AvgIpc) is 3.05. The molecule has 1 aromatic heterocycles. The van der Waals surface area contributed by atoms with Gasteiger partial charge in [-0.3, -0.25) is 4.90 Å². The van der Waals surface area contributed by atoms with Gasteiger partial charge in [-0.2, -0.15) is 4.98 Å². The van der Waals surface area contributed by atoms with Crippen molar-refractivity contribution in [2.75, 3.05) is 43.9 Å². The molecule has 2 heterocycles. The predicted molar refractivity (Wildman–Crippen MR) is 145 cm³/mol. The SMILES string of the molecule is COc1cc2c(cc1Nc1ncc(Cl)c(N[C@@H]3CCCC[C@@H]3CN[SH](=O)=O)n1)CCN(CC(C)(F)F)CC2. The van der Waals surface area contributed by atoms with Crippen LogP contribution in [0.1, 0.15) is 43.7 Å². The van der Waals surface area contributed by atoms with E-state index in [4.69, 9.17) is 16.3 Å². The lowest BCUT2D eigenvalue weighted by atomic mass is 9.84. The van der Waals surface area contributed by atoms with Gasteiger partial charge in [0.15, 0.2) is 5.82 Å². The summed E-state index contributed by atoms with van der Waals surface area (Å²) < 4.78 is 57.3. The molecule has 2 aromatic rings. The van der Waals surface area contributed by atoms with Gasteiger partial charge in [-0.05, 0) is 54.9 Å². The fraction of sp³-hybridized carbons (Fsp3) is 0.600. The molecule has 0 radical (unpaired) electrons. The number of methoxy groups -OCH3 is 1. The number of aromatic nitrogens is 2. The van der Waals surface area contributed by atoms with Crippen molar-refractivity contribution in [1.82, 2.24) is 19.6 Å². The number of benzene rings is 1. The first-order valence-electron chi connectivity index (χ1n) is 12.9. The normalized spacial score (nSPS) is 20.6. The molecule has 3 N–H and O–H groups in total. The molecule has 4 rings (SSSR count). The molecule has 2 atom stereocenters. The molecule has 0 unspecified atom stereocenters. The number of ether oxygens (including phenoxy) is 1. The number of halogens is 3. The Bertz CT molecular complexity index is 1190. The van der Waals surface area contributed by atoms with Gasteiger partial charge in [0.1, 0.15) is 10.8 Å². The lowest BCUT2D eigenvalue weighted by Gasteiger charge is -2.32. The lowest BCUT2D eigenvalue weighted by Crippen LogP contribution is -2.38. The number of fused-ring (bicyclic) bond motifs is 1. The maximum absolute atomic E-state index is 13.6. The Morgan fingerprint density at radius 3 is 2.58 bits per heavy atom. The van der Waals surface area contributed by atoms with Gasteiger partial charge in [0.25, 0.3) is 5.92 Å². The molecule has 38 heavy (non-hydrogen) atoms. The summed E-state index contributed by atoms with van der Waals surface area (Å²) in [4.78, 5) is 10.7. The monoisotopic (exact) mass is 572 g/mol. The number of hydrogen-bond donors (Lipinski definition) is 4. The molecule has 1 fully saturated rings. The van der Waals surface area contributed by atoms with Gasteiger partial charge in [0, 0.05) is 32.6 Å². The van der Waals surface area contributed by atoms with Crippen LogP contribution in [0, 0.1) is 5.92 Å². The molecule has 0 spiro atoms. The van der Waals surface area contributed by atoms with E-state index in [1.54, 1.807) is 12.0 Å². The number of rotatable bonds is 10. The van der Waals surface area contributed by atoms with Gasteiger partial charge in [0.05, 0.1) is 25.5 Å². The van der Waals surface area contributed by atoms with Crippen molar-refractivity contribution in [2.45, 2.75) is 57.4 Å². The molecule has 9 nitrogen and oxygen atoms in total. The van der Waals surface area contributed by atoms with E-state index in [1.165, 1.54) is 6.20 Å². The molecule has 210 valence electrons. The fourth-order valence-electron chi connectivity index (χ4n) is 5.28. The number of alkyl halides is 2. The third kappa shape index (κ3) is 7.87. The molecule has 2 aliphatic rings. The van der Waals surface area contributed by atoms with Crippen molar-refractivity contribution in [3.05, 3.63) is 34.5 Å². The second kappa shape index (κ2) is 12.7. The Labute approximate surface area is 228 Å². The first-order chi connectivity index (χ1) is 18.1. The van der Waals surface area contributed by atoms with Crippen LogP contribution in [-0.2, 0) is 23.7 Å². The highest BCUT2D eigenvalue weighted by Gasteiger charge is 2.28. The maximum Gasteiger partial charge on any atom is 0.257 e. The van der Waals surface area contributed by atoms with Gasteiger partial charge < -0.3 is 15.4 Å². The second-order valence-electron chi connectivity index (χ2n) is 10.1. The van der Waals surface area contributed by atoms with Crippen molar-refractivity contribution in [1.29, 1.82) is 0 Å². The molecule has 13 heteroatoms. The number of thiol groups is 1. The standard InChI is InChI=1S/C25H35ClF2N6O3S/c1-25(27,28)15-34-9-7-16-11-21(22(37-2)12-17(16)8-10-34)32-24-29-14-19(26)23(33-24)31-20-6-4-3-5-18(20)13-30-38(35)36/h11-12,14,18,20,38H,3-10,13,15H2,1-2H3,(H,30,35,36)(H2,29,31,32,33)/t18-,20-/m1/s1. The number of nitrogens with one attached hydrogen (secondary N) is 3. The Kier molecular flexibility index (Phi) is 9.61. The third-order valence-electron chi connectivity index (χ3n) is 7.12. The highest BCUT2D eigenvalue weighted by atomic mass is 35.5. The Morgan fingerprint density at radius 2 is 1.89 bits per heavy atom. The van der Waals surface area contributed by atoms with E-state index in [1.807, 2.05) is 12.1 Å². The molecule has 0 amide bonds. The smallest absolute Gasteiger partial charge is 0.257 e. The first-order valence-corrected chi connectivity index (χ1v) is 14.4. The summed E-state index contributed by atoms with van der Waals surface area (Å²) in [6.45, 7) is 2.16. The number of hydrogen-bond acceptors (Lipinski definition) is 8. The van der Waals surface area contributed by atoms with Crippen molar-refractivity contribution in [3.63, 3.8) is 0 Å². The summed E-state index contributed by atoms with van der Waals surface area (Å²) in [5, 5.41) is 6.99. The number of anilines is 3. The quantitative estimate of drug-likeness (QED) is 0.316. The van der Waals surface area contributed by atoms with E-state index >= 15 is 0 Å². The van der Waals surface area contributed by atoms with Gasteiger partial charge in [-0.15, -0.1) is 0 Å². The van der Waals surface area contributed by atoms with Crippen molar-refractivity contribution in [2.24, 2.45) is 5.92 Å². The summed E-state index contributed by atoms with van der Waals surface area (Å²) in [6, 6.07) is 3.94. The van der Waals surface area contributed by atoms with Crippen molar-refractivity contribution in [3.8, 4) is 5.75 Å². The van der Waals surface area contributed by atoms with Gasteiger partial charge in [0.2, 0.25) is 16.8 Å². The molecular formula is C25H35ClF2N6O3S. The van der Waals surface area contributed by atoms with Crippen LogP contribution in [0.4, 0.5) is 26.2 Å². The average molecular weight is 573 g/mol. The van der Waals surface area contributed by atoms with Crippen LogP contribution in [-0.4, -0.2) is 68.5 Å². The van der Waals surface area contributed by atoms with E-state index in [9.17, 15) is 17.2 Å². The van der Waals surface area contributed by atoms with Crippen molar-refractivity contribution < 1.29 is 21.9 Å². The molecule has 1 aromatic carbocycles. The second-order valence-corrected chi connectivity index (χ2v) is 11.3. The Balaban J connectivity index is 1.50. The topological polar surface area (TPSA) is 108 Å².